The molecule has 21 heavy (non-hydrogen) atoms. The van der Waals surface area contributed by atoms with E-state index in [1.54, 1.807) is 0 Å². The molecule has 0 saturated carbocycles. The zero-order valence-corrected chi connectivity index (χ0v) is 15.4. The zero-order valence-electron chi connectivity index (χ0n) is 15.4. The van der Waals surface area contributed by atoms with E-state index in [0.29, 0.717) is 5.41 Å². The summed E-state index contributed by atoms with van der Waals surface area (Å²) >= 11 is 0. The van der Waals surface area contributed by atoms with Gasteiger partial charge < -0.3 is 4.90 Å². The fourth-order valence-corrected chi connectivity index (χ4v) is 3.94. The number of likely N-dealkylation sites (tertiary alicyclic amines) is 1. The Bertz CT molecular complexity index is 228. The molecule has 0 radical (unpaired) electrons. The number of nitrogens with zero attached hydrogens (tertiary/aromatic N) is 1. The van der Waals surface area contributed by atoms with Gasteiger partial charge >= 0.3 is 0 Å². The zero-order chi connectivity index (χ0) is 15.6. The first-order valence-electron chi connectivity index (χ1n) is 9.81. The van der Waals surface area contributed by atoms with E-state index < -0.39 is 0 Å². The van der Waals surface area contributed by atoms with Crippen LogP contribution >= 0.6 is 0 Å². The van der Waals surface area contributed by atoms with Gasteiger partial charge in [-0.2, -0.15) is 0 Å². The molecule has 1 fully saturated rings. The molecule has 1 aliphatic rings. The third kappa shape index (κ3) is 7.17. The average Bonchev–Trinajstić information content (AvgIpc) is 2.43. The first-order chi connectivity index (χ1) is 10.1. The molecular weight excluding hydrogens is 254 g/mol. The second-order valence-corrected chi connectivity index (χ2v) is 7.90. The molecule has 1 heterocycles. The van der Waals surface area contributed by atoms with Crippen LogP contribution < -0.4 is 0 Å². The third-order valence-electron chi connectivity index (χ3n) is 5.75. The molecule has 0 unspecified atom stereocenters. The summed E-state index contributed by atoms with van der Waals surface area (Å²) in [6, 6.07) is 0. The lowest BCUT2D eigenvalue weighted by atomic mass is 9.67. The largest absolute Gasteiger partial charge is 0.306 e. The molecule has 0 atom stereocenters. The molecule has 1 aliphatic heterocycles. The fourth-order valence-electron chi connectivity index (χ4n) is 3.94. The van der Waals surface area contributed by atoms with Crippen LogP contribution in [0.15, 0.2) is 0 Å². The summed E-state index contributed by atoms with van der Waals surface area (Å²) in [6.07, 6.45) is 17.3. The molecule has 1 saturated heterocycles. The summed E-state index contributed by atoms with van der Waals surface area (Å²) in [5.41, 5.74) is 0.630. The number of hydrogen-bond donors (Lipinski definition) is 0. The minimum Gasteiger partial charge on any atom is -0.306 e. The number of rotatable bonds is 13. The Balaban J connectivity index is 2.28. The molecule has 126 valence electrons. The highest BCUT2D eigenvalue weighted by Gasteiger charge is 2.39. The van der Waals surface area contributed by atoms with E-state index in [1.165, 1.54) is 90.1 Å². The summed E-state index contributed by atoms with van der Waals surface area (Å²) in [6.45, 7) is 9.92. The maximum absolute atomic E-state index is 2.60. The molecular formula is C20H41N. The van der Waals surface area contributed by atoms with E-state index in [2.05, 4.69) is 32.7 Å². The van der Waals surface area contributed by atoms with Gasteiger partial charge in [-0.05, 0) is 31.2 Å². The first-order valence-corrected chi connectivity index (χ1v) is 9.81. The van der Waals surface area contributed by atoms with E-state index in [1.807, 2.05) is 0 Å². The van der Waals surface area contributed by atoms with Crippen molar-refractivity contribution in [1.82, 2.24) is 4.90 Å². The lowest BCUT2D eigenvalue weighted by molar-refractivity contribution is 0.00893. The van der Waals surface area contributed by atoms with Crippen molar-refractivity contribution in [2.45, 2.75) is 97.8 Å². The van der Waals surface area contributed by atoms with Crippen molar-refractivity contribution in [3.63, 3.8) is 0 Å². The third-order valence-corrected chi connectivity index (χ3v) is 5.75. The van der Waals surface area contributed by atoms with Crippen molar-refractivity contribution >= 4 is 0 Å². The van der Waals surface area contributed by atoms with Crippen molar-refractivity contribution in [2.24, 2.45) is 11.3 Å². The second kappa shape index (κ2) is 10.6. The van der Waals surface area contributed by atoms with E-state index in [9.17, 15) is 0 Å². The Morgan fingerprint density at radius 1 is 0.762 bits per heavy atom. The second-order valence-electron chi connectivity index (χ2n) is 7.90. The highest BCUT2D eigenvalue weighted by molar-refractivity contribution is 4.91. The quantitative estimate of drug-likeness (QED) is 0.362. The van der Waals surface area contributed by atoms with Gasteiger partial charge in [-0.3, -0.25) is 0 Å². The average molecular weight is 296 g/mol. The van der Waals surface area contributed by atoms with Gasteiger partial charge in [0.25, 0.3) is 0 Å². The van der Waals surface area contributed by atoms with Crippen molar-refractivity contribution in [3.05, 3.63) is 0 Å². The standard InChI is InChI=1S/C20H41N/c1-5-7-9-11-13-15-20(3,19-17-21(4)18-19)16-14-12-10-8-6-2/h19H,5-18H2,1-4H3. The minimum atomic E-state index is 0.630. The van der Waals surface area contributed by atoms with Gasteiger partial charge in [0.05, 0.1) is 0 Å². The Morgan fingerprint density at radius 2 is 1.19 bits per heavy atom. The van der Waals surface area contributed by atoms with Crippen LogP contribution in [0.25, 0.3) is 0 Å². The molecule has 0 N–H and O–H groups in total. The van der Waals surface area contributed by atoms with Gasteiger partial charge in [-0.1, -0.05) is 85.0 Å². The van der Waals surface area contributed by atoms with Gasteiger partial charge in [-0.15, -0.1) is 0 Å². The highest BCUT2D eigenvalue weighted by Crippen LogP contribution is 2.42. The van der Waals surface area contributed by atoms with Crippen LogP contribution in [0.5, 0.6) is 0 Å². The summed E-state index contributed by atoms with van der Waals surface area (Å²) in [5.74, 6) is 0.972. The summed E-state index contributed by atoms with van der Waals surface area (Å²) in [7, 11) is 2.28. The van der Waals surface area contributed by atoms with E-state index in [-0.39, 0.29) is 0 Å². The maximum atomic E-state index is 2.60. The van der Waals surface area contributed by atoms with E-state index in [4.69, 9.17) is 0 Å². The lowest BCUT2D eigenvalue weighted by Crippen LogP contribution is -2.51. The van der Waals surface area contributed by atoms with Crippen LogP contribution in [-0.2, 0) is 0 Å². The maximum Gasteiger partial charge on any atom is 0.00242 e. The van der Waals surface area contributed by atoms with Gasteiger partial charge in [-0.25, -0.2) is 0 Å². The number of unbranched alkanes of at least 4 members (excludes halogenated alkanes) is 8. The SMILES string of the molecule is CCCCCCCC(C)(CCCCCCC)C1CN(C)C1. The molecule has 0 aromatic rings. The molecule has 0 aliphatic carbocycles. The highest BCUT2D eigenvalue weighted by atomic mass is 15.2. The van der Waals surface area contributed by atoms with Gasteiger partial charge in [0, 0.05) is 13.1 Å². The number of hydrogen-bond acceptors (Lipinski definition) is 1. The Kier molecular flexibility index (Phi) is 9.64. The van der Waals surface area contributed by atoms with Crippen molar-refractivity contribution in [2.75, 3.05) is 20.1 Å². The predicted molar refractivity (Wildman–Crippen MR) is 95.8 cm³/mol. The minimum absolute atomic E-state index is 0.630. The predicted octanol–water partition coefficient (Wildman–Crippen LogP) is 6.28. The van der Waals surface area contributed by atoms with Crippen molar-refractivity contribution in [1.29, 1.82) is 0 Å². The van der Waals surface area contributed by atoms with Crippen LogP contribution in [0.4, 0.5) is 0 Å². The first kappa shape index (κ1) is 19.0. The molecule has 1 heteroatoms. The van der Waals surface area contributed by atoms with Gasteiger partial charge in [0.2, 0.25) is 0 Å². The Hall–Kier alpha value is -0.0400. The summed E-state index contributed by atoms with van der Waals surface area (Å²) in [4.78, 5) is 2.50. The normalized spacial score (nSPS) is 17.1. The van der Waals surface area contributed by atoms with Crippen LogP contribution in [0, 0.1) is 11.3 Å². The Morgan fingerprint density at radius 3 is 1.57 bits per heavy atom. The van der Waals surface area contributed by atoms with Crippen molar-refractivity contribution < 1.29 is 0 Å². The van der Waals surface area contributed by atoms with Crippen LogP contribution in [0.2, 0.25) is 0 Å². The molecule has 1 nitrogen and oxygen atoms in total. The molecule has 0 bridgehead atoms. The fraction of sp³-hybridized carbons (Fsp3) is 1.00. The molecule has 0 spiro atoms. The smallest absolute Gasteiger partial charge is 0.00242 e. The van der Waals surface area contributed by atoms with Crippen LogP contribution in [0.1, 0.15) is 97.8 Å². The van der Waals surface area contributed by atoms with E-state index >= 15 is 0 Å². The molecule has 1 rings (SSSR count). The lowest BCUT2D eigenvalue weighted by Gasteiger charge is -2.48. The Labute approximate surface area is 134 Å². The summed E-state index contributed by atoms with van der Waals surface area (Å²) in [5, 5.41) is 0. The van der Waals surface area contributed by atoms with E-state index in [0.717, 1.165) is 5.92 Å². The van der Waals surface area contributed by atoms with Gasteiger partial charge in [0.15, 0.2) is 0 Å². The van der Waals surface area contributed by atoms with Crippen LogP contribution in [-0.4, -0.2) is 25.0 Å². The molecule has 0 amide bonds. The summed E-state index contributed by atoms with van der Waals surface area (Å²) < 4.78 is 0. The molecule has 0 aromatic heterocycles. The van der Waals surface area contributed by atoms with Gasteiger partial charge in [0.1, 0.15) is 0 Å². The van der Waals surface area contributed by atoms with Crippen LogP contribution in [0.3, 0.4) is 0 Å². The topological polar surface area (TPSA) is 3.24 Å². The monoisotopic (exact) mass is 295 g/mol. The molecule has 0 aromatic carbocycles. The van der Waals surface area contributed by atoms with Crippen molar-refractivity contribution in [3.8, 4) is 0 Å².